The van der Waals surface area contributed by atoms with Crippen molar-refractivity contribution in [3.8, 4) is 10.4 Å². The van der Waals surface area contributed by atoms with E-state index in [-0.39, 0.29) is 0 Å². The fraction of sp³-hybridized carbons (Fsp3) is 0.200. The first-order valence-electron chi connectivity index (χ1n) is 8.73. The summed E-state index contributed by atoms with van der Waals surface area (Å²) in [5.74, 6) is 0.0152. The van der Waals surface area contributed by atoms with Crippen LogP contribution in [-0.2, 0) is 4.74 Å². The van der Waals surface area contributed by atoms with Crippen LogP contribution in [-0.4, -0.2) is 27.7 Å². The maximum Gasteiger partial charge on any atom is 0.341 e. The van der Waals surface area contributed by atoms with Gasteiger partial charge < -0.3 is 15.4 Å². The van der Waals surface area contributed by atoms with Crippen LogP contribution in [0.1, 0.15) is 28.7 Å². The summed E-state index contributed by atoms with van der Waals surface area (Å²) in [5.41, 5.74) is 3.14. The van der Waals surface area contributed by atoms with Gasteiger partial charge in [-0.1, -0.05) is 30.3 Å². The molecule has 2 aromatic heterocycles. The van der Waals surface area contributed by atoms with Crippen molar-refractivity contribution in [3.05, 3.63) is 59.4 Å². The van der Waals surface area contributed by atoms with Crippen molar-refractivity contribution in [2.45, 2.75) is 20.8 Å². The normalized spacial score (nSPS) is 10.4. The third-order valence-electron chi connectivity index (χ3n) is 3.72. The molecule has 3 aromatic rings. The number of esters is 1. The van der Waals surface area contributed by atoms with Gasteiger partial charge >= 0.3 is 5.97 Å². The molecular formula is C20H20N4O2S2. The van der Waals surface area contributed by atoms with Gasteiger partial charge in [0.15, 0.2) is 5.11 Å². The van der Waals surface area contributed by atoms with E-state index in [4.69, 9.17) is 17.0 Å². The number of anilines is 2. The average molecular weight is 413 g/mol. The van der Waals surface area contributed by atoms with Crippen LogP contribution in [0.5, 0.6) is 0 Å². The van der Waals surface area contributed by atoms with E-state index in [0.717, 1.165) is 21.8 Å². The second kappa shape index (κ2) is 8.90. The number of thiophene rings is 1. The zero-order valence-corrected chi connectivity index (χ0v) is 17.4. The molecule has 6 nitrogen and oxygen atoms in total. The van der Waals surface area contributed by atoms with Crippen molar-refractivity contribution in [2.24, 2.45) is 0 Å². The molecular weight excluding hydrogens is 392 g/mol. The molecule has 0 spiro atoms. The average Bonchev–Trinajstić information content (AvgIpc) is 3.05. The predicted octanol–water partition coefficient (Wildman–Crippen LogP) is 4.81. The molecule has 0 aliphatic heterocycles. The molecule has 0 amide bonds. The molecule has 0 fully saturated rings. The van der Waals surface area contributed by atoms with Gasteiger partial charge in [-0.25, -0.2) is 14.8 Å². The summed E-state index contributed by atoms with van der Waals surface area (Å²) in [5, 5.41) is 6.97. The Hall–Kier alpha value is -2.84. The van der Waals surface area contributed by atoms with Crippen LogP contribution in [0.25, 0.3) is 10.4 Å². The first-order chi connectivity index (χ1) is 13.5. The van der Waals surface area contributed by atoms with Gasteiger partial charge in [0.25, 0.3) is 0 Å². The Bertz CT molecular complexity index is 982. The second-order valence-corrected chi connectivity index (χ2v) is 7.45. The van der Waals surface area contributed by atoms with Gasteiger partial charge in [0.1, 0.15) is 5.00 Å². The number of nitrogens with zero attached hydrogens (tertiary/aromatic N) is 2. The number of thiocarbonyl (C=S) groups is 1. The highest BCUT2D eigenvalue weighted by Gasteiger charge is 2.19. The molecule has 144 valence electrons. The Morgan fingerprint density at radius 2 is 1.79 bits per heavy atom. The lowest BCUT2D eigenvalue weighted by atomic mass is 10.1. The molecule has 0 saturated heterocycles. The number of rotatable bonds is 5. The van der Waals surface area contributed by atoms with E-state index in [0.29, 0.717) is 28.2 Å². The molecule has 0 aliphatic carbocycles. The minimum Gasteiger partial charge on any atom is -0.462 e. The van der Waals surface area contributed by atoms with E-state index >= 15 is 0 Å². The van der Waals surface area contributed by atoms with Crippen molar-refractivity contribution < 1.29 is 9.53 Å². The van der Waals surface area contributed by atoms with Crippen molar-refractivity contribution in [1.29, 1.82) is 0 Å². The third-order valence-corrected chi connectivity index (χ3v) is 5.02. The Balaban J connectivity index is 1.85. The third kappa shape index (κ3) is 4.90. The smallest absolute Gasteiger partial charge is 0.341 e. The minimum atomic E-state index is -0.395. The SMILES string of the molecule is CCOC(=O)c1cc(-c2ccccc2)sc1NC(=S)Nc1nc(C)cc(C)n1. The molecule has 2 heterocycles. The first kappa shape index (κ1) is 19.9. The highest BCUT2D eigenvalue weighted by atomic mass is 32.1. The lowest BCUT2D eigenvalue weighted by Gasteiger charge is -2.10. The Labute approximate surface area is 173 Å². The number of nitrogens with one attached hydrogen (secondary N) is 2. The fourth-order valence-corrected chi connectivity index (χ4v) is 3.92. The number of aromatic nitrogens is 2. The predicted molar refractivity (Wildman–Crippen MR) is 117 cm³/mol. The van der Waals surface area contributed by atoms with Gasteiger partial charge in [-0.15, -0.1) is 11.3 Å². The van der Waals surface area contributed by atoms with E-state index in [1.54, 1.807) is 6.92 Å². The van der Waals surface area contributed by atoms with Crippen LogP contribution in [0.2, 0.25) is 0 Å². The number of carbonyl (C=O) groups excluding carboxylic acids is 1. The maximum atomic E-state index is 12.4. The molecule has 0 aliphatic rings. The quantitative estimate of drug-likeness (QED) is 0.460. The summed E-state index contributed by atoms with van der Waals surface area (Å²) >= 11 is 6.83. The van der Waals surface area contributed by atoms with Crippen molar-refractivity contribution in [2.75, 3.05) is 17.2 Å². The molecule has 0 radical (unpaired) electrons. The number of carbonyl (C=O) groups is 1. The topological polar surface area (TPSA) is 76.1 Å². The fourth-order valence-electron chi connectivity index (χ4n) is 2.61. The zero-order chi connectivity index (χ0) is 20.1. The number of hydrogen-bond donors (Lipinski definition) is 2. The van der Waals surface area contributed by atoms with Crippen molar-refractivity contribution in [1.82, 2.24) is 9.97 Å². The van der Waals surface area contributed by atoms with Gasteiger partial charge in [-0.05, 0) is 50.7 Å². The monoisotopic (exact) mass is 412 g/mol. The summed E-state index contributed by atoms with van der Waals surface area (Å²) in [6.45, 7) is 5.86. The summed E-state index contributed by atoms with van der Waals surface area (Å²) in [4.78, 5) is 22.0. The Morgan fingerprint density at radius 3 is 2.43 bits per heavy atom. The molecule has 0 unspecified atom stereocenters. The summed E-state index contributed by atoms with van der Waals surface area (Å²) in [6.07, 6.45) is 0. The van der Waals surface area contributed by atoms with Crippen molar-refractivity contribution in [3.63, 3.8) is 0 Å². The highest BCUT2D eigenvalue weighted by Crippen LogP contribution is 2.36. The molecule has 0 saturated carbocycles. The number of aryl methyl sites for hydroxylation is 2. The molecule has 2 N–H and O–H groups in total. The Morgan fingerprint density at radius 1 is 1.11 bits per heavy atom. The molecule has 1 aromatic carbocycles. The first-order valence-corrected chi connectivity index (χ1v) is 9.95. The van der Waals surface area contributed by atoms with Crippen LogP contribution in [0.15, 0.2) is 42.5 Å². The van der Waals surface area contributed by atoms with E-state index in [1.807, 2.05) is 56.3 Å². The van der Waals surface area contributed by atoms with Crippen LogP contribution in [0.4, 0.5) is 10.9 Å². The van der Waals surface area contributed by atoms with E-state index in [1.165, 1.54) is 11.3 Å². The molecule has 0 atom stereocenters. The molecule has 0 bridgehead atoms. The number of ether oxygens (including phenoxy) is 1. The van der Waals surface area contributed by atoms with Crippen LogP contribution in [0.3, 0.4) is 0 Å². The van der Waals surface area contributed by atoms with E-state index < -0.39 is 5.97 Å². The van der Waals surface area contributed by atoms with Crippen LogP contribution < -0.4 is 10.6 Å². The van der Waals surface area contributed by atoms with Gasteiger partial charge in [0.2, 0.25) is 5.95 Å². The van der Waals surface area contributed by atoms with Crippen molar-refractivity contribution >= 4 is 45.6 Å². The summed E-state index contributed by atoms with van der Waals surface area (Å²) < 4.78 is 5.19. The molecule has 8 heteroatoms. The summed E-state index contributed by atoms with van der Waals surface area (Å²) in [7, 11) is 0. The van der Waals surface area contributed by atoms with E-state index in [9.17, 15) is 4.79 Å². The highest BCUT2D eigenvalue weighted by molar-refractivity contribution is 7.80. The van der Waals surface area contributed by atoms with Crippen LogP contribution >= 0.6 is 23.6 Å². The lowest BCUT2D eigenvalue weighted by Crippen LogP contribution is -2.21. The van der Waals surface area contributed by atoms with Gasteiger partial charge in [-0.3, -0.25) is 0 Å². The van der Waals surface area contributed by atoms with E-state index in [2.05, 4.69) is 20.6 Å². The Kier molecular flexibility index (Phi) is 6.33. The second-order valence-electron chi connectivity index (χ2n) is 5.99. The van der Waals surface area contributed by atoms with Gasteiger partial charge in [0.05, 0.1) is 12.2 Å². The standard InChI is InChI=1S/C20H20N4O2S2/c1-4-26-18(25)15-11-16(14-8-6-5-7-9-14)28-17(15)23-20(27)24-19-21-12(2)10-13(3)22-19/h5-11H,4H2,1-3H3,(H2,21,22,23,24,27). The van der Waals surface area contributed by atoms with Gasteiger partial charge in [-0.2, -0.15) is 0 Å². The lowest BCUT2D eigenvalue weighted by molar-refractivity contribution is 0.0528. The number of hydrogen-bond acceptors (Lipinski definition) is 6. The van der Waals surface area contributed by atoms with Crippen LogP contribution in [0, 0.1) is 13.8 Å². The number of benzene rings is 1. The minimum absolute atomic E-state index is 0.299. The van der Waals surface area contributed by atoms with Gasteiger partial charge in [0, 0.05) is 16.3 Å². The largest absolute Gasteiger partial charge is 0.462 e. The zero-order valence-electron chi connectivity index (χ0n) is 15.8. The molecule has 28 heavy (non-hydrogen) atoms. The maximum absolute atomic E-state index is 12.4. The summed E-state index contributed by atoms with van der Waals surface area (Å²) in [6, 6.07) is 13.5. The molecule has 3 rings (SSSR count).